The number of nitrogens with zero attached hydrogens (tertiary/aromatic N) is 1. The first-order valence-corrected chi connectivity index (χ1v) is 8.35. The van der Waals surface area contributed by atoms with Gasteiger partial charge in [0.05, 0.1) is 0 Å². The smallest absolute Gasteiger partial charge is 0.223 e. The molecule has 1 amide bonds. The maximum absolute atomic E-state index is 12.2. The van der Waals surface area contributed by atoms with Crippen molar-refractivity contribution in [2.24, 2.45) is 11.3 Å². The molecule has 2 aliphatic rings. The Morgan fingerprint density at radius 2 is 2.18 bits per heavy atom. The van der Waals surface area contributed by atoms with Crippen molar-refractivity contribution in [1.29, 1.82) is 0 Å². The number of nitrogens with one attached hydrogen (secondary N) is 3. The lowest BCUT2D eigenvalue weighted by atomic mass is 9.92. The molecule has 3 rings (SSSR count). The molecule has 22 heavy (non-hydrogen) atoms. The Kier molecular flexibility index (Phi) is 4.62. The van der Waals surface area contributed by atoms with Crippen LogP contribution in [-0.2, 0) is 4.79 Å². The predicted molar refractivity (Wildman–Crippen MR) is 87.7 cm³/mol. The van der Waals surface area contributed by atoms with E-state index in [0.29, 0.717) is 5.41 Å². The van der Waals surface area contributed by atoms with Crippen LogP contribution in [0.25, 0.3) is 0 Å². The number of aryl methyl sites for hydroxylation is 1. The second-order valence-corrected chi connectivity index (χ2v) is 6.66. The van der Waals surface area contributed by atoms with Crippen molar-refractivity contribution in [2.75, 3.05) is 31.5 Å². The van der Waals surface area contributed by atoms with E-state index in [1.807, 2.05) is 25.3 Å². The van der Waals surface area contributed by atoms with E-state index in [-0.39, 0.29) is 11.8 Å². The summed E-state index contributed by atoms with van der Waals surface area (Å²) in [4.78, 5) is 16.5. The van der Waals surface area contributed by atoms with Gasteiger partial charge in [0.2, 0.25) is 5.91 Å². The van der Waals surface area contributed by atoms with Gasteiger partial charge >= 0.3 is 0 Å². The molecule has 5 heteroatoms. The van der Waals surface area contributed by atoms with Crippen LogP contribution in [0.2, 0.25) is 0 Å². The summed E-state index contributed by atoms with van der Waals surface area (Å²) in [5.41, 5.74) is 1.49. The molecule has 1 unspecified atom stereocenters. The van der Waals surface area contributed by atoms with Gasteiger partial charge in [-0.3, -0.25) is 4.79 Å². The van der Waals surface area contributed by atoms with E-state index in [0.717, 1.165) is 63.2 Å². The Balaban J connectivity index is 1.30. The lowest BCUT2D eigenvalue weighted by Gasteiger charge is -2.23. The van der Waals surface area contributed by atoms with Crippen molar-refractivity contribution in [3.8, 4) is 0 Å². The SMILES string of the molecule is Cc1ccc(NCCCNC(=O)C2CC23CCNCC3)nc1. The number of aromatic nitrogens is 1. The second-order valence-electron chi connectivity index (χ2n) is 6.66. The maximum atomic E-state index is 12.2. The molecule has 1 aliphatic heterocycles. The van der Waals surface area contributed by atoms with Crippen LogP contribution in [0.5, 0.6) is 0 Å². The van der Waals surface area contributed by atoms with Crippen molar-refractivity contribution >= 4 is 11.7 Å². The Bertz CT molecular complexity index is 508. The third-order valence-electron chi connectivity index (χ3n) is 4.98. The van der Waals surface area contributed by atoms with E-state index in [1.54, 1.807) is 0 Å². The van der Waals surface area contributed by atoms with Gasteiger partial charge in [0.15, 0.2) is 0 Å². The Hall–Kier alpha value is -1.62. The van der Waals surface area contributed by atoms with E-state index < -0.39 is 0 Å². The van der Waals surface area contributed by atoms with Crippen molar-refractivity contribution < 1.29 is 4.79 Å². The number of anilines is 1. The number of carbonyl (C=O) groups is 1. The molecule has 1 aromatic heterocycles. The largest absolute Gasteiger partial charge is 0.370 e. The summed E-state index contributed by atoms with van der Waals surface area (Å²) in [5.74, 6) is 1.42. The van der Waals surface area contributed by atoms with Crippen molar-refractivity contribution in [3.63, 3.8) is 0 Å². The molecule has 1 spiro atoms. The molecule has 0 aromatic carbocycles. The Morgan fingerprint density at radius 1 is 1.36 bits per heavy atom. The lowest BCUT2D eigenvalue weighted by Crippen LogP contribution is -2.34. The molecule has 120 valence electrons. The molecule has 1 atom stereocenters. The van der Waals surface area contributed by atoms with E-state index in [2.05, 4.69) is 20.9 Å². The van der Waals surface area contributed by atoms with Gasteiger partial charge in [-0.1, -0.05) is 6.07 Å². The molecule has 5 nitrogen and oxygen atoms in total. The first kappa shape index (κ1) is 15.3. The molecule has 1 saturated heterocycles. The third kappa shape index (κ3) is 3.58. The van der Waals surface area contributed by atoms with Crippen molar-refractivity contribution in [2.45, 2.75) is 32.6 Å². The van der Waals surface area contributed by atoms with Gasteiger partial charge in [0, 0.05) is 25.2 Å². The average Bonchev–Trinajstić information content (AvgIpc) is 3.22. The summed E-state index contributed by atoms with van der Waals surface area (Å²) < 4.78 is 0. The van der Waals surface area contributed by atoms with Gasteiger partial charge in [0.25, 0.3) is 0 Å². The molecule has 1 aromatic rings. The summed E-state index contributed by atoms with van der Waals surface area (Å²) in [7, 11) is 0. The van der Waals surface area contributed by atoms with Crippen molar-refractivity contribution in [3.05, 3.63) is 23.9 Å². The highest BCUT2D eigenvalue weighted by atomic mass is 16.2. The second kappa shape index (κ2) is 6.65. The fraction of sp³-hybridized carbons (Fsp3) is 0.647. The van der Waals surface area contributed by atoms with Crippen molar-refractivity contribution in [1.82, 2.24) is 15.6 Å². The number of rotatable bonds is 6. The quantitative estimate of drug-likeness (QED) is 0.700. The fourth-order valence-electron chi connectivity index (χ4n) is 3.41. The van der Waals surface area contributed by atoms with E-state index in [9.17, 15) is 4.79 Å². The van der Waals surface area contributed by atoms with Crippen LogP contribution in [0.3, 0.4) is 0 Å². The highest BCUT2D eigenvalue weighted by Crippen LogP contribution is 2.58. The van der Waals surface area contributed by atoms with Gasteiger partial charge in [-0.25, -0.2) is 4.98 Å². The van der Waals surface area contributed by atoms with Crippen LogP contribution >= 0.6 is 0 Å². The number of hydrogen-bond acceptors (Lipinski definition) is 4. The van der Waals surface area contributed by atoms with E-state index in [4.69, 9.17) is 0 Å². The summed E-state index contributed by atoms with van der Waals surface area (Å²) in [5, 5.41) is 9.74. The molecular formula is C17H26N4O. The Labute approximate surface area is 132 Å². The number of piperidine rings is 1. The average molecular weight is 302 g/mol. The van der Waals surface area contributed by atoms with Gasteiger partial charge in [0.1, 0.15) is 5.82 Å². The summed E-state index contributed by atoms with van der Waals surface area (Å²) in [6, 6.07) is 4.03. The van der Waals surface area contributed by atoms with Crippen LogP contribution in [0, 0.1) is 18.3 Å². The van der Waals surface area contributed by atoms with Gasteiger partial charge in [-0.2, -0.15) is 0 Å². The van der Waals surface area contributed by atoms with Crippen LogP contribution < -0.4 is 16.0 Å². The minimum absolute atomic E-state index is 0.260. The van der Waals surface area contributed by atoms with E-state index in [1.165, 1.54) is 0 Å². The monoisotopic (exact) mass is 302 g/mol. The zero-order valence-electron chi connectivity index (χ0n) is 13.3. The van der Waals surface area contributed by atoms with Gasteiger partial charge < -0.3 is 16.0 Å². The van der Waals surface area contributed by atoms with E-state index >= 15 is 0 Å². The zero-order chi connectivity index (χ0) is 15.4. The normalized spacial score (nSPS) is 22.3. The minimum Gasteiger partial charge on any atom is -0.370 e. The molecule has 1 saturated carbocycles. The highest BCUT2D eigenvalue weighted by molar-refractivity contribution is 5.82. The van der Waals surface area contributed by atoms with Crippen LogP contribution in [-0.4, -0.2) is 37.1 Å². The molecule has 1 aliphatic carbocycles. The summed E-state index contributed by atoms with van der Waals surface area (Å²) >= 11 is 0. The number of pyridine rings is 1. The van der Waals surface area contributed by atoms with Crippen LogP contribution in [0.4, 0.5) is 5.82 Å². The lowest BCUT2D eigenvalue weighted by molar-refractivity contribution is -0.123. The van der Waals surface area contributed by atoms with Gasteiger partial charge in [-0.15, -0.1) is 0 Å². The topological polar surface area (TPSA) is 66.0 Å². The number of hydrogen-bond donors (Lipinski definition) is 3. The summed E-state index contributed by atoms with van der Waals surface area (Å²) in [6.07, 6.45) is 6.18. The standard InChI is InChI=1S/C17H26N4O/c1-13-3-4-15(21-12-13)19-7-2-8-20-16(22)14-11-17(14)5-9-18-10-6-17/h3-4,12,14,18H,2,5-11H2,1H3,(H,19,21)(H,20,22). The van der Waals surface area contributed by atoms with Crippen LogP contribution in [0.1, 0.15) is 31.2 Å². The highest BCUT2D eigenvalue weighted by Gasteiger charge is 2.57. The number of amides is 1. The predicted octanol–water partition coefficient (Wildman–Crippen LogP) is 1.70. The van der Waals surface area contributed by atoms with Crippen LogP contribution in [0.15, 0.2) is 18.3 Å². The molecule has 0 radical (unpaired) electrons. The first-order valence-electron chi connectivity index (χ1n) is 8.35. The molecule has 2 heterocycles. The zero-order valence-corrected chi connectivity index (χ0v) is 13.3. The molecule has 3 N–H and O–H groups in total. The molecular weight excluding hydrogens is 276 g/mol. The maximum Gasteiger partial charge on any atom is 0.223 e. The minimum atomic E-state index is 0.260. The molecule has 2 fully saturated rings. The first-order chi connectivity index (χ1) is 10.7. The Morgan fingerprint density at radius 3 is 2.91 bits per heavy atom. The third-order valence-corrected chi connectivity index (χ3v) is 4.98. The number of carbonyl (C=O) groups excluding carboxylic acids is 1. The fourth-order valence-corrected chi connectivity index (χ4v) is 3.41. The molecule has 0 bridgehead atoms. The van der Waals surface area contributed by atoms with Gasteiger partial charge in [-0.05, 0) is 62.7 Å². The summed E-state index contributed by atoms with van der Waals surface area (Å²) in [6.45, 7) is 5.73.